The van der Waals surface area contributed by atoms with Crippen molar-refractivity contribution < 1.29 is 4.74 Å². The van der Waals surface area contributed by atoms with Crippen molar-refractivity contribution in [3.63, 3.8) is 0 Å². The smallest absolute Gasteiger partial charge is 0.255 e. The first-order valence-corrected chi connectivity index (χ1v) is 11.0. The molecule has 2 heterocycles. The summed E-state index contributed by atoms with van der Waals surface area (Å²) in [6.07, 6.45) is 10.1. The second-order valence-corrected chi connectivity index (χ2v) is 8.79. The normalized spacial score (nSPS) is 19.5. The van der Waals surface area contributed by atoms with Crippen LogP contribution in [0.3, 0.4) is 0 Å². The van der Waals surface area contributed by atoms with Crippen molar-refractivity contribution in [2.75, 3.05) is 6.54 Å². The van der Waals surface area contributed by atoms with Crippen LogP contribution >= 0.6 is 0 Å². The van der Waals surface area contributed by atoms with Crippen molar-refractivity contribution in [2.45, 2.75) is 58.2 Å². The van der Waals surface area contributed by atoms with E-state index in [1.807, 2.05) is 42.7 Å². The van der Waals surface area contributed by atoms with E-state index in [0.29, 0.717) is 17.3 Å². The van der Waals surface area contributed by atoms with Gasteiger partial charge in [0.05, 0.1) is 6.10 Å². The number of nitrogens with one attached hydrogen (secondary N) is 1. The largest absolute Gasteiger partial charge is 0.490 e. The highest BCUT2D eigenvalue weighted by molar-refractivity contribution is 5.82. The van der Waals surface area contributed by atoms with E-state index in [-0.39, 0.29) is 11.7 Å². The summed E-state index contributed by atoms with van der Waals surface area (Å²) in [5.74, 6) is 1.49. The summed E-state index contributed by atoms with van der Waals surface area (Å²) in [5.41, 5.74) is 1.22. The number of hydrogen-bond acceptors (Lipinski definition) is 4. The Hall–Kier alpha value is -2.66. The molecule has 1 aliphatic carbocycles. The van der Waals surface area contributed by atoms with Crippen LogP contribution in [0.5, 0.6) is 5.75 Å². The van der Waals surface area contributed by atoms with E-state index < -0.39 is 0 Å². The Kier molecular flexibility index (Phi) is 6.48. The van der Waals surface area contributed by atoms with Crippen LogP contribution in [0, 0.1) is 5.92 Å². The number of H-pyrrole nitrogens is 1. The molecule has 0 unspecified atom stereocenters. The van der Waals surface area contributed by atoms with Crippen LogP contribution in [-0.2, 0) is 6.54 Å². The maximum absolute atomic E-state index is 11.9. The van der Waals surface area contributed by atoms with Gasteiger partial charge in [-0.3, -0.25) is 14.7 Å². The lowest BCUT2D eigenvalue weighted by Gasteiger charge is -2.38. The number of hydrogen-bond donors (Lipinski definition) is 1. The van der Waals surface area contributed by atoms with E-state index in [0.717, 1.165) is 49.9 Å². The van der Waals surface area contributed by atoms with Gasteiger partial charge in [0.1, 0.15) is 5.75 Å². The van der Waals surface area contributed by atoms with Crippen molar-refractivity contribution in [2.24, 2.45) is 5.92 Å². The highest BCUT2D eigenvalue weighted by Crippen LogP contribution is 2.29. The highest BCUT2D eigenvalue weighted by Gasteiger charge is 2.27. The lowest BCUT2D eigenvalue weighted by Crippen LogP contribution is -2.41. The van der Waals surface area contributed by atoms with Crippen LogP contribution in [0.15, 0.2) is 59.8 Å². The molecular formula is C25H31N3O2. The van der Waals surface area contributed by atoms with Gasteiger partial charge in [0.15, 0.2) is 0 Å². The van der Waals surface area contributed by atoms with Crippen LogP contribution in [-0.4, -0.2) is 33.6 Å². The zero-order valence-electron chi connectivity index (χ0n) is 17.9. The van der Waals surface area contributed by atoms with E-state index in [9.17, 15) is 4.79 Å². The van der Waals surface area contributed by atoms with Gasteiger partial charge in [0.2, 0.25) is 0 Å². The van der Waals surface area contributed by atoms with E-state index in [4.69, 9.17) is 4.74 Å². The molecule has 1 aromatic carbocycles. The van der Waals surface area contributed by atoms with Crippen LogP contribution in [0.1, 0.15) is 45.1 Å². The fourth-order valence-electron chi connectivity index (χ4n) is 4.50. The molecule has 0 aliphatic heterocycles. The minimum absolute atomic E-state index is 0.0570. The Morgan fingerprint density at radius 2 is 2.00 bits per heavy atom. The van der Waals surface area contributed by atoms with Gasteiger partial charge in [-0.05, 0) is 72.9 Å². The van der Waals surface area contributed by atoms with Crippen molar-refractivity contribution in [3.8, 4) is 5.75 Å². The molecule has 0 bridgehead atoms. The van der Waals surface area contributed by atoms with E-state index in [1.165, 1.54) is 5.56 Å². The number of aromatic amines is 1. The molecule has 0 atom stereocenters. The molecule has 158 valence electrons. The molecule has 1 saturated carbocycles. The molecular weight excluding hydrogens is 374 g/mol. The monoisotopic (exact) mass is 405 g/mol. The van der Waals surface area contributed by atoms with Crippen LogP contribution in [0.2, 0.25) is 0 Å². The van der Waals surface area contributed by atoms with Crippen molar-refractivity contribution in [1.29, 1.82) is 0 Å². The highest BCUT2D eigenvalue weighted by atomic mass is 16.5. The van der Waals surface area contributed by atoms with Crippen LogP contribution in [0.25, 0.3) is 10.8 Å². The minimum Gasteiger partial charge on any atom is -0.490 e. The van der Waals surface area contributed by atoms with E-state index in [2.05, 4.69) is 34.8 Å². The SMILES string of the molecule is CC(C)CN(Cc1cccnc1)[C@H]1CC[C@H](Oc2ccc3c(=O)[nH]ccc3c2)CC1. The standard InChI is InChI=1S/C25H31N3O2/c1-18(2)16-28(17-19-4-3-12-26-15-19)21-5-7-22(8-6-21)30-23-9-10-24-20(14-23)11-13-27-25(24)29/h3-4,9-15,18,21-22H,5-8,16-17H2,1-2H3,(H,27,29)/t21-,22-. The number of rotatable bonds is 7. The molecule has 0 amide bonds. The Morgan fingerprint density at radius 3 is 2.73 bits per heavy atom. The Morgan fingerprint density at radius 1 is 1.17 bits per heavy atom. The molecule has 0 spiro atoms. The van der Waals surface area contributed by atoms with Gasteiger partial charge in [-0.15, -0.1) is 0 Å². The summed E-state index contributed by atoms with van der Waals surface area (Å²) in [6, 6.07) is 12.4. The third kappa shape index (κ3) is 5.08. The Balaban J connectivity index is 1.37. The summed E-state index contributed by atoms with van der Waals surface area (Å²) in [6.45, 7) is 6.64. The van der Waals surface area contributed by atoms with Crippen LogP contribution in [0.4, 0.5) is 0 Å². The molecule has 1 aliphatic rings. The van der Waals surface area contributed by atoms with Gasteiger partial charge < -0.3 is 9.72 Å². The van der Waals surface area contributed by atoms with Crippen molar-refractivity contribution in [1.82, 2.24) is 14.9 Å². The summed E-state index contributed by atoms with van der Waals surface area (Å²) >= 11 is 0. The zero-order chi connectivity index (χ0) is 20.9. The number of fused-ring (bicyclic) bond motifs is 1. The second kappa shape index (κ2) is 9.43. The van der Waals surface area contributed by atoms with Gasteiger partial charge in [-0.25, -0.2) is 0 Å². The number of ether oxygens (including phenoxy) is 1. The molecule has 3 aromatic rings. The molecule has 2 aromatic heterocycles. The topological polar surface area (TPSA) is 58.2 Å². The first-order chi connectivity index (χ1) is 14.6. The third-order valence-electron chi connectivity index (χ3n) is 5.92. The van der Waals surface area contributed by atoms with Gasteiger partial charge in [0.25, 0.3) is 5.56 Å². The third-order valence-corrected chi connectivity index (χ3v) is 5.92. The van der Waals surface area contributed by atoms with Gasteiger partial charge >= 0.3 is 0 Å². The number of nitrogens with zero attached hydrogens (tertiary/aromatic N) is 2. The Labute approximate surface area is 178 Å². The summed E-state index contributed by atoms with van der Waals surface area (Å²) in [4.78, 5) is 21.5. The molecule has 4 rings (SSSR count). The maximum atomic E-state index is 11.9. The first-order valence-electron chi connectivity index (χ1n) is 11.0. The molecule has 5 heteroatoms. The predicted molar refractivity (Wildman–Crippen MR) is 121 cm³/mol. The van der Waals surface area contributed by atoms with Crippen molar-refractivity contribution in [3.05, 3.63) is 70.9 Å². The molecule has 1 fully saturated rings. The van der Waals surface area contributed by atoms with E-state index >= 15 is 0 Å². The van der Waals surface area contributed by atoms with Gasteiger partial charge in [-0.1, -0.05) is 19.9 Å². The quantitative estimate of drug-likeness (QED) is 0.615. The van der Waals surface area contributed by atoms with E-state index in [1.54, 1.807) is 6.20 Å². The fraction of sp³-hybridized carbons (Fsp3) is 0.440. The lowest BCUT2D eigenvalue weighted by molar-refractivity contribution is 0.0769. The average molecular weight is 406 g/mol. The summed E-state index contributed by atoms with van der Waals surface area (Å²) in [7, 11) is 0. The van der Waals surface area contributed by atoms with Gasteiger partial charge in [0, 0.05) is 43.1 Å². The maximum Gasteiger partial charge on any atom is 0.255 e. The average Bonchev–Trinajstić information content (AvgIpc) is 2.74. The molecule has 0 radical (unpaired) electrons. The summed E-state index contributed by atoms with van der Waals surface area (Å²) in [5, 5.41) is 1.62. The second-order valence-electron chi connectivity index (χ2n) is 8.79. The molecule has 30 heavy (non-hydrogen) atoms. The molecule has 1 N–H and O–H groups in total. The van der Waals surface area contributed by atoms with Crippen molar-refractivity contribution >= 4 is 10.8 Å². The fourth-order valence-corrected chi connectivity index (χ4v) is 4.50. The minimum atomic E-state index is -0.0570. The first kappa shape index (κ1) is 20.6. The Bertz CT molecular complexity index is 1010. The van der Waals surface area contributed by atoms with Gasteiger partial charge in [-0.2, -0.15) is 0 Å². The zero-order valence-corrected chi connectivity index (χ0v) is 17.9. The molecule has 0 saturated heterocycles. The molecule has 5 nitrogen and oxygen atoms in total. The number of pyridine rings is 2. The van der Waals surface area contributed by atoms with Crippen LogP contribution < -0.4 is 10.3 Å². The predicted octanol–water partition coefficient (Wildman–Crippen LogP) is 4.77. The summed E-state index contributed by atoms with van der Waals surface area (Å²) < 4.78 is 6.29. The number of benzene rings is 1. The lowest BCUT2D eigenvalue weighted by atomic mass is 9.91. The number of aromatic nitrogens is 2.